The van der Waals surface area contributed by atoms with Crippen molar-refractivity contribution in [2.24, 2.45) is 0 Å². The van der Waals surface area contributed by atoms with Crippen LogP contribution in [0.4, 0.5) is 0 Å². The van der Waals surface area contributed by atoms with Gasteiger partial charge in [0.15, 0.2) is 0 Å². The first-order chi connectivity index (χ1) is 10.2. The fourth-order valence-electron chi connectivity index (χ4n) is 2.26. The van der Waals surface area contributed by atoms with Crippen molar-refractivity contribution in [3.8, 4) is 5.69 Å². The second kappa shape index (κ2) is 5.25. The highest BCUT2D eigenvalue weighted by Crippen LogP contribution is 2.14. The second-order valence-electron chi connectivity index (χ2n) is 4.78. The molecule has 0 aliphatic heterocycles. The molecule has 0 saturated heterocycles. The molecule has 0 unspecified atom stereocenters. The van der Waals surface area contributed by atoms with Crippen LogP contribution in [0.2, 0.25) is 0 Å². The average molecular weight is 278 g/mol. The molecule has 0 aliphatic rings. The van der Waals surface area contributed by atoms with E-state index in [9.17, 15) is 10.0 Å². The molecule has 104 valence electrons. The number of carbonyl (C=O) groups is 1. The predicted octanol–water partition coefficient (Wildman–Crippen LogP) is 2.65. The Hall–Kier alpha value is -2.88. The van der Waals surface area contributed by atoms with Gasteiger partial charge < -0.3 is 5.21 Å². The Bertz CT molecular complexity index is 777. The molecule has 3 rings (SSSR count). The van der Waals surface area contributed by atoms with E-state index in [0.29, 0.717) is 16.8 Å². The topological polar surface area (TPSA) is 48.9 Å². The van der Waals surface area contributed by atoms with Gasteiger partial charge in [0.2, 0.25) is 11.5 Å². The van der Waals surface area contributed by atoms with Gasteiger partial charge in [-0.05, 0) is 12.1 Å². The smallest absolute Gasteiger partial charge is 0.229 e. The summed E-state index contributed by atoms with van der Waals surface area (Å²) in [7, 11) is 0. The van der Waals surface area contributed by atoms with E-state index in [-0.39, 0.29) is 5.78 Å². The van der Waals surface area contributed by atoms with Crippen LogP contribution in [0.5, 0.6) is 0 Å². The maximum Gasteiger partial charge on any atom is 0.229 e. The lowest BCUT2D eigenvalue weighted by Gasteiger charge is -2.02. The van der Waals surface area contributed by atoms with Crippen molar-refractivity contribution >= 4 is 5.78 Å². The zero-order valence-corrected chi connectivity index (χ0v) is 11.6. The molecule has 1 heterocycles. The summed E-state index contributed by atoms with van der Waals surface area (Å²) in [6.45, 7) is 1.66. The molecule has 4 nitrogen and oxygen atoms in total. The summed E-state index contributed by atoms with van der Waals surface area (Å²) in [6.07, 6.45) is 1.59. The van der Waals surface area contributed by atoms with Gasteiger partial charge in [-0.25, -0.2) is 0 Å². The molecule has 0 atom stereocenters. The third-order valence-electron chi connectivity index (χ3n) is 3.43. The van der Waals surface area contributed by atoms with Crippen molar-refractivity contribution in [1.29, 1.82) is 0 Å². The first kappa shape index (κ1) is 13.1. The molecule has 1 aromatic heterocycles. The molecule has 0 fully saturated rings. The summed E-state index contributed by atoms with van der Waals surface area (Å²) >= 11 is 0. The molecule has 0 amide bonds. The number of rotatable bonds is 3. The first-order valence-corrected chi connectivity index (χ1v) is 6.65. The second-order valence-corrected chi connectivity index (χ2v) is 4.78. The SMILES string of the molecule is Cc1c(C(=O)c2ccccc2)cn(-c2ccccc2)[n+]1[O-]. The van der Waals surface area contributed by atoms with Crippen LogP contribution in [0.25, 0.3) is 5.69 Å². The molecule has 0 spiro atoms. The minimum absolute atomic E-state index is 0.146. The van der Waals surface area contributed by atoms with E-state index in [0.717, 1.165) is 10.5 Å². The zero-order valence-electron chi connectivity index (χ0n) is 11.6. The first-order valence-electron chi connectivity index (χ1n) is 6.65. The maximum absolute atomic E-state index is 12.5. The van der Waals surface area contributed by atoms with Crippen LogP contribution in [-0.2, 0) is 0 Å². The van der Waals surface area contributed by atoms with Gasteiger partial charge in [-0.1, -0.05) is 53.4 Å². The monoisotopic (exact) mass is 278 g/mol. The highest BCUT2D eigenvalue weighted by atomic mass is 16.5. The van der Waals surface area contributed by atoms with E-state index in [1.54, 1.807) is 25.3 Å². The van der Waals surface area contributed by atoms with Crippen LogP contribution in [0.3, 0.4) is 0 Å². The molecule has 0 radical (unpaired) electrons. The number of benzene rings is 2. The van der Waals surface area contributed by atoms with Crippen LogP contribution < -0.4 is 4.85 Å². The van der Waals surface area contributed by atoms with E-state index in [1.807, 2.05) is 48.5 Å². The highest BCUT2D eigenvalue weighted by molar-refractivity contribution is 6.09. The van der Waals surface area contributed by atoms with Crippen LogP contribution in [0.1, 0.15) is 21.6 Å². The quantitative estimate of drug-likeness (QED) is 0.420. The average Bonchev–Trinajstić information content (AvgIpc) is 2.84. The summed E-state index contributed by atoms with van der Waals surface area (Å²) in [5.74, 6) is -0.146. The third-order valence-corrected chi connectivity index (χ3v) is 3.43. The van der Waals surface area contributed by atoms with Crippen molar-refractivity contribution in [3.63, 3.8) is 0 Å². The van der Waals surface area contributed by atoms with Crippen LogP contribution in [-0.4, -0.2) is 10.5 Å². The Labute approximate surface area is 122 Å². The van der Waals surface area contributed by atoms with Gasteiger partial charge in [-0.2, -0.15) is 0 Å². The van der Waals surface area contributed by atoms with Gasteiger partial charge in [0, 0.05) is 12.5 Å². The lowest BCUT2D eigenvalue weighted by molar-refractivity contribution is -0.689. The Balaban J connectivity index is 2.08. The van der Waals surface area contributed by atoms with E-state index in [1.165, 1.54) is 4.68 Å². The third kappa shape index (κ3) is 2.31. The van der Waals surface area contributed by atoms with Crippen molar-refractivity contribution in [1.82, 2.24) is 4.68 Å². The van der Waals surface area contributed by atoms with E-state index in [2.05, 4.69) is 0 Å². The summed E-state index contributed by atoms with van der Waals surface area (Å²) in [4.78, 5) is 13.2. The fourth-order valence-corrected chi connectivity index (χ4v) is 2.26. The molecule has 0 N–H and O–H groups in total. The number of para-hydroxylation sites is 1. The number of aromatic nitrogens is 2. The lowest BCUT2D eigenvalue weighted by atomic mass is 10.0. The van der Waals surface area contributed by atoms with Crippen LogP contribution in [0, 0.1) is 12.1 Å². The van der Waals surface area contributed by atoms with Gasteiger partial charge in [0.05, 0.1) is 6.20 Å². The zero-order chi connectivity index (χ0) is 14.8. The molecule has 0 bridgehead atoms. The normalized spacial score (nSPS) is 10.5. The Morgan fingerprint density at radius 3 is 2.19 bits per heavy atom. The molecule has 21 heavy (non-hydrogen) atoms. The van der Waals surface area contributed by atoms with Crippen LogP contribution >= 0.6 is 0 Å². The molecule has 3 aromatic rings. The largest absolute Gasteiger partial charge is 0.595 e. The highest BCUT2D eigenvalue weighted by Gasteiger charge is 2.23. The number of carbonyl (C=O) groups excluding carboxylic acids is 1. The molecule has 2 aromatic carbocycles. The minimum Gasteiger partial charge on any atom is -0.595 e. The van der Waals surface area contributed by atoms with Gasteiger partial charge in [-0.15, -0.1) is 4.68 Å². The molecular weight excluding hydrogens is 264 g/mol. The molecule has 4 heteroatoms. The number of hydrogen-bond donors (Lipinski definition) is 0. The van der Waals surface area contributed by atoms with Crippen molar-refractivity contribution in [2.45, 2.75) is 6.92 Å². The number of nitrogens with zero attached hydrogens (tertiary/aromatic N) is 2. The van der Waals surface area contributed by atoms with Crippen molar-refractivity contribution in [2.75, 3.05) is 0 Å². The fraction of sp³-hybridized carbons (Fsp3) is 0.0588. The van der Waals surface area contributed by atoms with Gasteiger partial charge in [0.25, 0.3) is 0 Å². The Morgan fingerprint density at radius 1 is 1.00 bits per heavy atom. The van der Waals surface area contributed by atoms with Gasteiger partial charge >= 0.3 is 0 Å². The summed E-state index contributed by atoms with van der Waals surface area (Å²) in [5.41, 5.74) is 2.11. The van der Waals surface area contributed by atoms with E-state index >= 15 is 0 Å². The Morgan fingerprint density at radius 2 is 1.57 bits per heavy atom. The minimum atomic E-state index is -0.146. The number of hydrogen-bond acceptors (Lipinski definition) is 2. The van der Waals surface area contributed by atoms with E-state index < -0.39 is 0 Å². The standard InChI is InChI=1S/C17H14N2O2/c1-13-16(17(20)14-8-4-2-5-9-14)12-18(19(13)21)15-10-6-3-7-11-15/h2-12H,1H3. The van der Waals surface area contributed by atoms with Crippen molar-refractivity contribution < 1.29 is 9.64 Å². The summed E-state index contributed by atoms with van der Waals surface area (Å²) < 4.78 is 1.44. The maximum atomic E-state index is 12.5. The number of ketones is 1. The van der Waals surface area contributed by atoms with Gasteiger partial charge in [-0.3, -0.25) is 4.79 Å². The van der Waals surface area contributed by atoms with E-state index in [4.69, 9.17) is 0 Å². The Kier molecular flexibility index (Phi) is 3.28. The molecular formula is C17H14N2O2. The predicted molar refractivity (Wildman–Crippen MR) is 79.3 cm³/mol. The summed E-state index contributed by atoms with van der Waals surface area (Å²) in [6, 6.07) is 18.2. The van der Waals surface area contributed by atoms with Crippen molar-refractivity contribution in [3.05, 3.63) is 88.9 Å². The molecule has 0 saturated carbocycles. The lowest BCUT2D eigenvalue weighted by Crippen LogP contribution is -2.38. The molecule has 0 aliphatic carbocycles. The van der Waals surface area contributed by atoms with Crippen LogP contribution in [0.15, 0.2) is 66.9 Å². The van der Waals surface area contributed by atoms with Gasteiger partial charge in [0.1, 0.15) is 11.3 Å². The summed E-state index contributed by atoms with van der Waals surface area (Å²) in [5, 5.41) is 12.3.